The third kappa shape index (κ3) is 18.3. The van der Waals surface area contributed by atoms with Gasteiger partial charge < -0.3 is 70.2 Å². The van der Waals surface area contributed by atoms with Crippen LogP contribution < -0.4 is 60.2 Å². The second kappa shape index (κ2) is 27.2. The molecule has 2 aliphatic heterocycles. The maximum Gasteiger partial charge on any atom is 0.245 e. The van der Waals surface area contributed by atoms with E-state index in [1.165, 1.54) is 17.0 Å². The number of primary amides is 3. The van der Waals surface area contributed by atoms with Crippen LogP contribution in [0.3, 0.4) is 0 Å². The Hall–Kier alpha value is -6.85. The maximum atomic E-state index is 14.5. The monoisotopic (exact) mass is 971 g/mol. The molecule has 2 fully saturated rings. The predicted molar refractivity (Wildman–Crippen MR) is 248 cm³/mol. The molecule has 0 aliphatic carbocycles. The summed E-state index contributed by atoms with van der Waals surface area (Å²) >= 11 is 0. The minimum absolute atomic E-state index is 0.0307. The van der Waals surface area contributed by atoms with E-state index in [-0.39, 0.29) is 69.6 Å². The zero-order valence-electron chi connectivity index (χ0n) is 39.7. The van der Waals surface area contributed by atoms with Crippen LogP contribution in [-0.4, -0.2) is 136 Å². The smallest absolute Gasteiger partial charge is 0.245 e. The molecule has 2 heterocycles. The first kappa shape index (κ1) is 56.5. The molecule has 0 spiro atoms. The van der Waals surface area contributed by atoms with E-state index in [9.17, 15) is 57.8 Å². The Labute approximate surface area is 400 Å². The number of benzene rings is 1. The van der Waals surface area contributed by atoms with Crippen LogP contribution in [0.15, 0.2) is 24.3 Å². The number of nitrogens with two attached hydrogens (primary N) is 4. The molecule has 0 bridgehead atoms. The Kier molecular flexibility index (Phi) is 22.3. The molecule has 11 amide bonds. The van der Waals surface area contributed by atoms with E-state index in [1.807, 2.05) is 13.8 Å². The van der Waals surface area contributed by atoms with Crippen molar-refractivity contribution in [3.05, 3.63) is 29.8 Å². The Balaban J connectivity index is 2.05. The molecule has 382 valence electrons. The van der Waals surface area contributed by atoms with Crippen molar-refractivity contribution in [3.63, 3.8) is 0 Å². The molecule has 0 saturated carbocycles. The molecule has 0 aromatic heterocycles. The zero-order valence-corrected chi connectivity index (χ0v) is 39.7. The molecule has 1 aromatic carbocycles. The van der Waals surface area contributed by atoms with Gasteiger partial charge in [-0.15, -0.1) is 0 Å². The molecule has 9 atom stereocenters. The van der Waals surface area contributed by atoms with Crippen molar-refractivity contribution in [2.75, 3.05) is 13.1 Å². The fourth-order valence-electron chi connectivity index (χ4n) is 7.96. The molecule has 2 saturated heterocycles. The average Bonchev–Trinajstić information content (AvgIpc) is 3.78. The number of phenolic OH excluding ortho intramolecular Hbond substituents is 1. The number of amides is 11. The molecule has 16 N–H and O–H groups in total. The first-order valence-corrected chi connectivity index (χ1v) is 23.3. The number of carbonyl (C=O) groups is 11. The van der Waals surface area contributed by atoms with Gasteiger partial charge in [0.15, 0.2) is 0 Å². The molecule has 24 heteroatoms. The van der Waals surface area contributed by atoms with Gasteiger partial charge in [-0.2, -0.15) is 0 Å². The van der Waals surface area contributed by atoms with Crippen LogP contribution in [0.25, 0.3) is 0 Å². The van der Waals surface area contributed by atoms with E-state index in [0.717, 1.165) is 0 Å². The van der Waals surface area contributed by atoms with Crippen LogP contribution in [-0.2, 0) is 59.2 Å². The van der Waals surface area contributed by atoms with Gasteiger partial charge in [-0.3, -0.25) is 52.7 Å². The van der Waals surface area contributed by atoms with Gasteiger partial charge in [-0.25, -0.2) is 0 Å². The molecule has 1 aromatic rings. The lowest BCUT2D eigenvalue weighted by Crippen LogP contribution is -2.61. The highest BCUT2D eigenvalue weighted by Crippen LogP contribution is 2.22. The highest BCUT2D eigenvalue weighted by atomic mass is 16.3. The van der Waals surface area contributed by atoms with Crippen LogP contribution in [0, 0.1) is 11.8 Å². The maximum absolute atomic E-state index is 14.5. The summed E-state index contributed by atoms with van der Waals surface area (Å²) < 4.78 is 0. The number of carbonyl (C=O) groups excluding carboxylic acids is 11. The number of nitrogens with one attached hydrogen (secondary N) is 7. The van der Waals surface area contributed by atoms with Crippen LogP contribution in [0.1, 0.15) is 104 Å². The van der Waals surface area contributed by atoms with Gasteiger partial charge in [0.25, 0.3) is 0 Å². The summed E-state index contributed by atoms with van der Waals surface area (Å²) in [5, 5.41) is 27.8. The third-order valence-corrected chi connectivity index (χ3v) is 12.0. The number of hydrogen-bond donors (Lipinski definition) is 12. The zero-order chi connectivity index (χ0) is 51.5. The van der Waals surface area contributed by atoms with Crippen molar-refractivity contribution in [2.45, 2.75) is 153 Å². The lowest BCUT2D eigenvalue weighted by Gasteiger charge is -2.31. The first-order chi connectivity index (χ1) is 32.5. The fraction of sp³-hybridized carbons (Fsp3) is 0.622. The van der Waals surface area contributed by atoms with Crippen LogP contribution in [0.4, 0.5) is 0 Å². The third-order valence-electron chi connectivity index (χ3n) is 12.0. The number of phenols is 1. The topological polar surface area (TPSA) is 400 Å². The van der Waals surface area contributed by atoms with E-state index < -0.39 is 139 Å². The van der Waals surface area contributed by atoms with Crippen LogP contribution >= 0.6 is 0 Å². The summed E-state index contributed by atoms with van der Waals surface area (Å²) in [5.41, 5.74) is 23.0. The summed E-state index contributed by atoms with van der Waals surface area (Å²) in [6.45, 7) is 6.64. The number of hydrogen-bond acceptors (Lipinski definition) is 13. The standard InChI is InChI=1S/C45H70N12O12/c1-5-24(4)37-44(68)51-28(16-17-34(47)59)40(64)54-32(21-35(48)60)41(65)52-29(10-7-6-9-27(46)38(62)53-31(42(66)56-37)20-25-12-14-26(58)15-13-25)45(69)57-18-8-11-33(57)43(67)55-30(19-23(2)3)39(63)50-22-36(49)61/h12-15,23-24,27-33,37,58H,5-11,16-22,46H2,1-4H3,(H2,47,59)(H2,48,60)(H2,49,61)(H,50,63)(H,51,68)(H,52,65)(H,53,62)(H,54,64)(H,55,67)(H,56,66)/t24-,27-,28-,29-,30-,31-,32-,33-,37-/m0/s1. The van der Waals surface area contributed by atoms with Gasteiger partial charge in [-0.1, -0.05) is 59.1 Å². The van der Waals surface area contributed by atoms with Crippen LogP contribution in [0.2, 0.25) is 0 Å². The number of rotatable bonds is 17. The minimum Gasteiger partial charge on any atom is -0.508 e. The van der Waals surface area contributed by atoms with Crippen molar-refractivity contribution >= 4 is 65.0 Å². The van der Waals surface area contributed by atoms with Crippen molar-refractivity contribution in [1.82, 2.24) is 42.1 Å². The summed E-state index contributed by atoms with van der Waals surface area (Å²) in [6, 6.07) is -4.83. The van der Waals surface area contributed by atoms with E-state index in [1.54, 1.807) is 26.0 Å². The van der Waals surface area contributed by atoms with Crippen LogP contribution in [0.5, 0.6) is 5.75 Å². The molecule has 2 aliphatic rings. The van der Waals surface area contributed by atoms with E-state index in [4.69, 9.17) is 22.9 Å². The Morgan fingerprint density at radius 2 is 1.35 bits per heavy atom. The summed E-state index contributed by atoms with van der Waals surface area (Å²) in [6.07, 6.45) is -0.345. The Morgan fingerprint density at radius 1 is 0.739 bits per heavy atom. The molecule has 0 unspecified atom stereocenters. The predicted octanol–water partition coefficient (Wildman–Crippen LogP) is -3.43. The molecule has 24 nitrogen and oxygen atoms in total. The van der Waals surface area contributed by atoms with Crippen molar-refractivity contribution in [1.29, 1.82) is 0 Å². The van der Waals surface area contributed by atoms with Gasteiger partial charge in [-0.05, 0) is 68.1 Å². The summed E-state index contributed by atoms with van der Waals surface area (Å²) in [4.78, 5) is 148. The average molecular weight is 971 g/mol. The van der Waals surface area contributed by atoms with E-state index >= 15 is 0 Å². The van der Waals surface area contributed by atoms with Crippen molar-refractivity contribution < 1.29 is 57.8 Å². The molecule has 69 heavy (non-hydrogen) atoms. The number of aromatic hydroxyl groups is 1. The number of nitrogens with zero attached hydrogens (tertiary/aromatic N) is 1. The van der Waals surface area contributed by atoms with Gasteiger partial charge >= 0.3 is 0 Å². The molecular weight excluding hydrogens is 901 g/mol. The second-order valence-electron chi connectivity index (χ2n) is 18.1. The highest BCUT2D eigenvalue weighted by molar-refractivity contribution is 5.99. The largest absolute Gasteiger partial charge is 0.508 e. The second-order valence-corrected chi connectivity index (χ2v) is 18.1. The van der Waals surface area contributed by atoms with E-state index in [0.29, 0.717) is 18.4 Å². The lowest BCUT2D eigenvalue weighted by molar-refractivity contribution is -0.143. The van der Waals surface area contributed by atoms with Gasteiger partial charge in [0, 0.05) is 19.4 Å². The normalized spacial score (nSPS) is 24.3. The molecule has 0 radical (unpaired) electrons. The van der Waals surface area contributed by atoms with Crippen molar-refractivity contribution in [2.24, 2.45) is 34.8 Å². The minimum atomic E-state index is -1.74. The van der Waals surface area contributed by atoms with Gasteiger partial charge in [0.05, 0.1) is 19.0 Å². The molecule has 3 rings (SSSR count). The van der Waals surface area contributed by atoms with Gasteiger partial charge in [0.1, 0.15) is 48.0 Å². The lowest BCUT2D eigenvalue weighted by atomic mass is 9.96. The SMILES string of the molecule is CC[C@H](C)[C@@H]1NC(=O)[C@H](Cc2ccc(O)cc2)NC(=O)[C@@H](N)CCCC[C@@H](C(=O)N2CCC[C@H]2C(=O)N[C@@H](CC(C)C)C(=O)NCC(N)=O)NC(=O)[C@H](CC(N)=O)NC(=O)[C@H](CCC(N)=O)NC1=O. The molecular formula is C45H70N12O12. The quantitative estimate of drug-likeness (QED) is 0.0725. The first-order valence-electron chi connectivity index (χ1n) is 23.3. The summed E-state index contributed by atoms with van der Waals surface area (Å²) in [7, 11) is 0. The Bertz CT molecular complexity index is 2040. The number of likely N-dealkylation sites (tertiary alicyclic amines) is 1. The Morgan fingerprint density at radius 3 is 1.96 bits per heavy atom. The van der Waals surface area contributed by atoms with Gasteiger partial charge in [0.2, 0.25) is 65.0 Å². The van der Waals surface area contributed by atoms with E-state index in [2.05, 4.69) is 37.2 Å². The summed E-state index contributed by atoms with van der Waals surface area (Å²) in [5.74, 6) is -9.90. The van der Waals surface area contributed by atoms with Crippen molar-refractivity contribution in [3.8, 4) is 5.75 Å². The highest BCUT2D eigenvalue weighted by Gasteiger charge is 2.41. The fourth-order valence-corrected chi connectivity index (χ4v) is 7.96.